The smallest absolute Gasteiger partial charge is 0.388 e. The minimum atomic E-state index is -4.97. The van der Waals surface area contributed by atoms with E-state index in [2.05, 4.69) is 0 Å². The Labute approximate surface area is 95.9 Å². The van der Waals surface area contributed by atoms with E-state index in [0.29, 0.717) is 0 Å². The van der Waals surface area contributed by atoms with Crippen molar-refractivity contribution in [3.05, 3.63) is 0 Å². The Kier molecular flexibility index (Phi) is 4.34. The van der Waals surface area contributed by atoms with E-state index in [9.17, 15) is 23.1 Å². The van der Waals surface area contributed by atoms with E-state index in [-0.39, 0.29) is 6.42 Å². The van der Waals surface area contributed by atoms with Gasteiger partial charge in [-0.3, -0.25) is 4.79 Å². The van der Waals surface area contributed by atoms with Crippen LogP contribution in [0.4, 0.5) is 13.2 Å². The van der Waals surface area contributed by atoms with E-state index < -0.39 is 36.6 Å². The lowest BCUT2D eigenvalue weighted by atomic mass is 9.99. The number of nitrogens with one attached hydrogen (secondary N) is 1. The zero-order chi connectivity index (χ0) is 13.2. The van der Waals surface area contributed by atoms with Crippen LogP contribution in [0.1, 0.15) is 13.3 Å². The number of carbonyl (C=O) groups is 1. The van der Waals surface area contributed by atoms with Crippen molar-refractivity contribution in [1.82, 2.24) is 5.32 Å². The standard InChI is InChI=1S/C9H14F3NO4/c1-4-7(14)5(3-6(16-2)17-4)13-8(15)9(10,11)12/h4-7,14H,3H2,1-2H3,(H,13,15)/t4-,5+,6+,7+/m1/s1. The fraction of sp³-hybridized carbons (Fsp3) is 0.889. The lowest BCUT2D eigenvalue weighted by molar-refractivity contribution is -0.218. The van der Waals surface area contributed by atoms with Crippen molar-refractivity contribution >= 4 is 5.91 Å². The van der Waals surface area contributed by atoms with Crippen LogP contribution in [-0.4, -0.2) is 48.8 Å². The number of hydrogen-bond donors (Lipinski definition) is 2. The number of aliphatic hydroxyl groups is 1. The van der Waals surface area contributed by atoms with Gasteiger partial charge >= 0.3 is 12.1 Å². The largest absolute Gasteiger partial charge is 0.471 e. The summed E-state index contributed by atoms with van der Waals surface area (Å²) in [6.45, 7) is 1.49. The van der Waals surface area contributed by atoms with Crippen molar-refractivity contribution in [2.24, 2.45) is 0 Å². The van der Waals surface area contributed by atoms with E-state index in [1.54, 1.807) is 5.32 Å². The first kappa shape index (κ1) is 14.2. The number of hydrogen-bond acceptors (Lipinski definition) is 4. The average molecular weight is 257 g/mol. The summed E-state index contributed by atoms with van der Waals surface area (Å²) in [6, 6.07) is -1.04. The highest BCUT2D eigenvalue weighted by Crippen LogP contribution is 2.22. The number of ether oxygens (including phenoxy) is 2. The molecular weight excluding hydrogens is 243 g/mol. The third-order valence-corrected chi connectivity index (χ3v) is 2.54. The maximum absolute atomic E-state index is 12.1. The van der Waals surface area contributed by atoms with Crippen LogP contribution in [0.2, 0.25) is 0 Å². The Hall–Kier alpha value is -0.860. The molecule has 1 aliphatic rings. The summed E-state index contributed by atoms with van der Waals surface area (Å²) in [4.78, 5) is 10.8. The van der Waals surface area contributed by atoms with Crippen LogP contribution in [0.3, 0.4) is 0 Å². The van der Waals surface area contributed by atoms with Gasteiger partial charge in [0.2, 0.25) is 0 Å². The van der Waals surface area contributed by atoms with Gasteiger partial charge in [0.25, 0.3) is 0 Å². The Morgan fingerprint density at radius 2 is 2.12 bits per heavy atom. The highest BCUT2D eigenvalue weighted by Gasteiger charge is 2.43. The zero-order valence-corrected chi connectivity index (χ0v) is 9.32. The van der Waals surface area contributed by atoms with Gasteiger partial charge in [-0.1, -0.05) is 0 Å². The Bertz CT molecular complexity index is 284. The fourth-order valence-corrected chi connectivity index (χ4v) is 1.60. The quantitative estimate of drug-likeness (QED) is 0.740. The number of carbonyl (C=O) groups excluding carboxylic acids is 1. The topological polar surface area (TPSA) is 67.8 Å². The lowest BCUT2D eigenvalue weighted by Gasteiger charge is -2.37. The minimum Gasteiger partial charge on any atom is -0.388 e. The Morgan fingerprint density at radius 1 is 1.53 bits per heavy atom. The van der Waals surface area contributed by atoms with E-state index in [4.69, 9.17) is 9.47 Å². The molecular formula is C9H14F3NO4. The Morgan fingerprint density at radius 3 is 2.59 bits per heavy atom. The molecule has 0 aliphatic carbocycles. The van der Waals surface area contributed by atoms with Crippen molar-refractivity contribution in [1.29, 1.82) is 0 Å². The van der Waals surface area contributed by atoms with Gasteiger partial charge in [-0.15, -0.1) is 0 Å². The van der Waals surface area contributed by atoms with Gasteiger partial charge in [-0.05, 0) is 6.92 Å². The molecule has 1 rings (SSSR count). The monoisotopic (exact) mass is 257 g/mol. The van der Waals surface area contributed by atoms with Crippen LogP contribution in [0.5, 0.6) is 0 Å². The molecule has 1 fully saturated rings. The number of alkyl halides is 3. The van der Waals surface area contributed by atoms with E-state index >= 15 is 0 Å². The van der Waals surface area contributed by atoms with Crippen LogP contribution in [-0.2, 0) is 14.3 Å². The van der Waals surface area contributed by atoms with Crippen LogP contribution in [0.25, 0.3) is 0 Å². The lowest BCUT2D eigenvalue weighted by Crippen LogP contribution is -2.57. The van der Waals surface area contributed by atoms with Crippen molar-refractivity contribution in [2.45, 2.75) is 44.1 Å². The summed E-state index contributed by atoms with van der Waals surface area (Å²) < 4.78 is 46.1. The van der Waals surface area contributed by atoms with Crippen molar-refractivity contribution in [3.8, 4) is 0 Å². The third-order valence-electron chi connectivity index (χ3n) is 2.54. The molecule has 17 heavy (non-hydrogen) atoms. The molecule has 0 radical (unpaired) electrons. The van der Waals surface area contributed by atoms with Crippen molar-refractivity contribution in [3.63, 3.8) is 0 Å². The zero-order valence-electron chi connectivity index (χ0n) is 9.32. The number of aliphatic hydroxyl groups excluding tert-OH is 1. The van der Waals surface area contributed by atoms with Crippen LogP contribution < -0.4 is 5.32 Å². The highest BCUT2D eigenvalue weighted by atomic mass is 19.4. The molecule has 8 heteroatoms. The number of methoxy groups -OCH3 is 1. The molecule has 0 aromatic heterocycles. The van der Waals surface area contributed by atoms with Gasteiger partial charge in [0.15, 0.2) is 6.29 Å². The van der Waals surface area contributed by atoms with Gasteiger partial charge in [-0.2, -0.15) is 13.2 Å². The fourth-order valence-electron chi connectivity index (χ4n) is 1.60. The maximum atomic E-state index is 12.1. The predicted octanol–water partition coefficient (Wildman–Crippen LogP) is 0.176. The molecule has 0 unspecified atom stereocenters. The second kappa shape index (κ2) is 5.19. The Balaban J connectivity index is 2.65. The number of amides is 1. The first-order valence-corrected chi connectivity index (χ1v) is 4.99. The van der Waals surface area contributed by atoms with Gasteiger partial charge < -0.3 is 19.9 Å². The molecule has 4 atom stereocenters. The van der Waals surface area contributed by atoms with Gasteiger partial charge in [-0.25, -0.2) is 0 Å². The molecule has 100 valence electrons. The molecule has 0 aromatic carbocycles. The van der Waals surface area contributed by atoms with Gasteiger partial charge in [0.05, 0.1) is 12.1 Å². The van der Waals surface area contributed by atoms with E-state index in [1.165, 1.54) is 14.0 Å². The summed E-state index contributed by atoms with van der Waals surface area (Å²) in [6.07, 6.45) is -7.67. The van der Waals surface area contributed by atoms with Crippen LogP contribution >= 0.6 is 0 Å². The van der Waals surface area contributed by atoms with Crippen LogP contribution in [0.15, 0.2) is 0 Å². The van der Waals surface area contributed by atoms with Gasteiger partial charge in [0, 0.05) is 13.5 Å². The SMILES string of the molecule is CO[C@@H]1C[C@H](NC(=O)C(F)(F)F)[C@@H](O)[C@@H](C)O1. The third kappa shape index (κ3) is 3.55. The summed E-state index contributed by atoms with van der Waals surface area (Å²) in [7, 11) is 1.33. The summed E-state index contributed by atoms with van der Waals surface area (Å²) in [5, 5.41) is 11.3. The highest BCUT2D eigenvalue weighted by molar-refractivity contribution is 5.82. The first-order chi connectivity index (χ1) is 7.75. The number of halogens is 3. The summed E-state index contributed by atoms with van der Waals surface area (Å²) in [5.74, 6) is -2.08. The first-order valence-electron chi connectivity index (χ1n) is 4.99. The molecule has 0 saturated carbocycles. The second-order valence-corrected chi connectivity index (χ2v) is 3.81. The average Bonchev–Trinajstić information content (AvgIpc) is 2.22. The predicted molar refractivity (Wildman–Crippen MR) is 50.0 cm³/mol. The van der Waals surface area contributed by atoms with Crippen LogP contribution in [0, 0.1) is 0 Å². The molecule has 1 saturated heterocycles. The van der Waals surface area contributed by atoms with Crippen molar-refractivity contribution < 1.29 is 32.5 Å². The molecule has 1 aliphatic heterocycles. The molecule has 2 N–H and O–H groups in total. The molecule has 0 spiro atoms. The molecule has 1 heterocycles. The number of rotatable bonds is 2. The molecule has 0 bridgehead atoms. The second-order valence-electron chi connectivity index (χ2n) is 3.81. The minimum absolute atomic E-state index is 0.0379. The summed E-state index contributed by atoms with van der Waals surface area (Å²) >= 11 is 0. The van der Waals surface area contributed by atoms with Crippen molar-refractivity contribution in [2.75, 3.05) is 7.11 Å². The molecule has 5 nitrogen and oxygen atoms in total. The van der Waals surface area contributed by atoms with Gasteiger partial charge in [0.1, 0.15) is 6.10 Å². The summed E-state index contributed by atoms with van der Waals surface area (Å²) in [5.41, 5.74) is 0. The maximum Gasteiger partial charge on any atom is 0.471 e. The molecule has 1 amide bonds. The van der Waals surface area contributed by atoms with E-state index in [1.807, 2.05) is 0 Å². The van der Waals surface area contributed by atoms with E-state index in [0.717, 1.165) is 0 Å². The normalized spacial score (nSPS) is 34.5. The molecule has 0 aromatic rings.